The zero-order chi connectivity index (χ0) is 14.2. The predicted octanol–water partition coefficient (Wildman–Crippen LogP) is 1.11. The van der Waals surface area contributed by atoms with Crippen LogP contribution in [0.3, 0.4) is 0 Å². The van der Waals surface area contributed by atoms with E-state index in [4.69, 9.17) is 4.74 Å². The average molecular weight is 290 g/mol. The van der Waals surface area contributed by atoms with Crippen LogP contribution in [0.1, 0.15) is 24.8 Å². The Bertz CT molecular complexity index is 482. The lowest BCUT2D eigenvalue weighted by Crippen LogP contribution is -2.38. The van der Waals surface area contributed by atoms with Gasteiger partial charge in [0.15, 0.2) is 0 Å². The van der Waals surface area contributed by atoms with Crippen LogP contribution in [-0.4, -0.2) is 64.5 Å². The molecule has 3 fully saturated rings. The van der Waals surface area contributed by atoms with Crippen LogP contribution in [-0.2, 0) is 18.3 Å². The summed E-state index contributed by atoms with van der Waals surface area (Å²) in [6.07, 6.45) is 8.08. The summed E-state index contributed by atoms with van der Waals surface area (Å²) >= 11 is 0. The summed E-state index contributed by atoms with van der Waals surface area (Å²) in [7, 11) is 2.00. The van der Waals surface area contributed by atoms with Gasteiger partial charge in [-0.1, -0.05) is 0 Å². The van der Waals surface area contributed by atoms with E-state index in [0.717, 1.165) is 37.8 Å². The van der Waals surface area contributed by atoms with E-state index in [1.54, 1.807) is 0 Å². The molecule has 0 saturated carbocycles. The first-order valence-corrected chi connectivity index (χ1v) is 8.33. The van der Waals surface area contributed by atoms with Crippen molar-refractivity contribution in [3.63, 3.8) is 0 Å². The number of nitrogens with zero attached hydrogens (tertiary/aromatic N) is 4. The highest BCUT2D eigenvalue weighted by Crippen LogP contribution is 2.33. The fourth-order valence-corrected chi connectivity index (χ4v) is 4.43. The molecule has 0 bridgehead atoms. The maximum Gasteiger partial charge on any atom is 0.0534 e. The topological polar surface area (TPSA) is 33.5 Å². The van der Waals surface area contributed by atoms with Gasteiger partial charge in [-0.3, -0.25) is 14.5 Å². The first-order chi connectivity index (χ1) is 10.3. The minimum atomic E-state index is 0.757. The van der Waals surface area contributed by atoms with Gasteiger partial charge in [-0.2, -0.15) is 5.10 Å². The zero-order valence-corrected chi connectivity index (χ0v) is 12.9. The molecule has 3 aliphatic heterocycles. The maximum absolute atomic E-state index is 5.53. The van der Waals surface area contributed by atoms with E-state index >= 15 is 0 Å². The van der Waals surface area contributed by atoms with Crippen LogP contribution in [0.25, 0.3) is 0 Å². The first-order valence-electron chi connectivity index (χ1n) is 8.33. The molecule has 0 unspecified atom stereocenters. The normalized spacial score (nSPS) is 33.9. The molecule has 4 rings (SSSR count). The van der Waals surface area contributed by atoms with Crippen molar-refractivity contribution in [1.82, 2.24) is 19.6 Å². The van der Waals surface area contributed by atoms with Crippen LogP contribution in [0.4, 0.5) is 0 Å². The number of aryl methyl sites for hydroxylation is 1. The third-order valence-corrected chi connectivity index (χ3v) is 5.47. The van der Waals surface area contributed by atoms with Crippen LogP contribution in [0.2, 0.25) is 0 Å². The van der Waals surface area contributed by atoms with Gasteiger partial charge in [0.2, 0.25) is 0 Å². The van der Waals surface area contributed by atoms with Gasteiger partial charge in [0.05, 0.1) is 12.8 Å². The second-order valence-corrected chi connectivity index (χ2v) is 6.93. The zero-order valence-electron chi connectivity index (χ0n) is 12.9. The Kier molecular flexibility index (Phi) is 3.73. The third-order valence-electron chi connectivity index (χ3n) is 5.47. The van der Waals surface area contributed by atoms with Crippen molar-refractivity contribution in [2.24, 2.45) is 13.0 Å². The number of ether oxygens (including phenoxy) is 1. The number of hydrogen-bond acceptors (Lipinski definition) is 4. The maximum atomic E-state index is 5.53. The van der Waals surface area contributed by atoms with Crippen LogP contribution >= 0.6 is 0 Å². The Labute approximate surface area is 126 Å². The Hall–Kier alpha value is -0.910. The van der Waals surface area contributed by atoms with Crippen molar-refractivity contribution in [2.75, 3.05) is 32.8 Å². The van der Waals surface area contributed by atoms with Crippen LogP contribution in [0, 0.1) is 5.92 Å². The number of rotatable bonds is 4. The van der Waals surface area contributed by atoms with Gasteiger partial charge in [0.1, 0.15) is 0 Å². The van der Waals surface area contributed by atoms with Crippen LogP contribution < -0.4 is 0 Å². The van der Waals surface area contributed by atoms with Crippen molar-refractivity contribution in [1.29, 1.82) is 0 Å². The Balaban J connectivity index is 1.36. The van der Waals surface area contributed by atoms with E-state index in [1.165, 1.54) is 44.5 Å². The van der Waals surface area contributed by atoms with Gasteiger partial charge in [-0.15, -0.1) is 0 Å². The number of hydrogen-bond donors (Lipinski definition) is 0. The summed E-state index contributed by atoms with van der Waals surface area (Å²) in [5.41, 5.74) is 1.35. The van der Waals surface area contributed by atoms with E-state index < -0.39 is 0 Å². The molecule has 1 aromatic rings. The quantitative estimate of drug-likeness (QED) is 0.832. The standard InChI is InChI=1S/C16H26N4O/c1-18-9-14(8-17-18)11-20-6-3-15-16(20)2-5-19(15)10-13-4-7-21-12-13/h8-9,13,15-16H,2-7,10-12H2,1H3/t13-,15-,16+/m1/s1. The molecule has 0 aliphatic carbocycles. The molecule has 3 aliphatic rings. The van der Waals surface area contributed by atoms with Crippen LogP contribution in [0.15, 0.2) is 12.4 Å². The molecule has 3 atom stereocenters. The van der Waals surface area contributed by atoms with E-state index in [0.29, 0.717) is 0 Å². The summed E-state index contributed by atoms with van der Waals surface area (Å²) in [6, 6.07) is 1.54. The summed E-state index contributed by atoms with van der Waals surface area (Å²) in [4.78, 5) is 5.42. The molecule has 4 heterocycles. The highest BCUT2D eigenvalue weighted by atomic mass is 16.5. The molecule has 116 valence electrons. The largest absolute Gasteiger partial charge is 0.381 e. The molecule has 1 aromatic heterocycles. The van der Waals surface area contributed by atoms with E-state index in [1.807, 2.05) is 17.9 Å². The molecule has 5 heteroatoms. The number of aromatic nitrogens is 2. The molecular formula is C16H26N4O. The Morgan fingerprint density at radius 2 is 2.00 bits per heavy atom. The second-order valence-electron chi connectivity index (χ2n) is 6.93. The van der Waals surface area contributed by atoms with Crippen LogP contribution in [0.5, 0.6) is 0 Å². The fourth-order valence-electron chi connectivity index (χ4n) is 4.43. The Morgan fingerprint density at radius 1 is 1.19 bits per heavy atom. The van der Waals surface area contributed by atoms with E-state index in [2.05, 4.69) is 21.1 Å². The number of likely N-dealkylation sites (tertiary alicyclic amines) is 2. The summed E-state index contributed by atoms with van der Waals surface area (Å²) < 4.78 is 7.44. The molecule has 0 aromatic carbocycles. The van der Waals surface area contributed by atoms with Crippen molar-refractivity contribution in [3.05, 3.63) is 18.0 Å². The molecule has 3 saturated heterocycles. The average Bonchev–Trinajstić information content (AvgIpc) is 3.20. The minimum Gasteiger partial charge on any atom is -0.381 e. The molecule has 5 nitrogen and oxygen atoms in total. The lowest BCUT2D eigenvalue weighted by atomic mass is 10.1. The lowest BCUT2D eigenvalue weighted by Gasteiger charge is -2.27. The van der Waals surface area contributed by atoms with Gasteiger partial charge in [-0.25, -0.2) is 0 Å². The van der Waals surface area contributed by atoms with Gasteiger partial charge in [0.25, 0.3) is 0 Å². The van der Waals surface area contributed by atoms with Gasteiger partial charge in [-0.05, 0) is 25.2 Å². The van der Waals surface area contributed by atoms with Crippen molar-refractivity contribution >= 4 is 0 Å². The molecular weight excluding hydrogens is 264 g/mol. The highest BCUT2D eigenvalue weighted by molar-refractivity contribution is 5.07. The molecule has 0 N–H and O–H groups in total. The van der Waals surface area contributed by atoms with Gasteiger partial charge < -0.3 is 4.74 Å². The highest BCUT2D eigenvalue weighted by Gasteiger charge is 2.42. The monoisotopic (exact) mass is 290 g/mol. The molecule has 0 amide bonds. The van der Waals surface area contributed by atoms with E-state index in [9.17, 15) is 0 Å². The predicted molar refractivity (Wildman–Crippen MR) is 80.9 cm³/mol. The SMILES string of the molecule is Cn1cc(CN2CC[C@@H]3[C@@H]2CCN3C[C@H]2CCOC2)cn1. The van der Waals surface area contributed by atoms with Crippen molar-refractivity contribution < 1.29 is 4.74 Å². The lowest BCUT2D eigenvalue weighted by molar-refractivity contribution is 0.159. The fraction of sp³-hybridized carbons (Fsp3) is 0.812. The van der Waals surface area contributed by atoms with Crippen molar-refractivity contribution in [2.45, 2.75) is 37.9 Å². The second kappa shape index (κ2) is 5.71. The third kappa shape index (κ3) is 2.74. The smallest absolute Gasteiger partial charge is 0.0534 e. The number of fused-ring (bicyclic) bond motifs is 1. The summed E-state index contributed by atoms with van der Waals surface area (Å²) in [5, 5.41) is 4.29. The molecule has 21 heavy (non-hydrogen) atoms. The van der Waals surface area contributed by atoms with Crippen molar-refractivity contribution in [3.8, 4) is 0 Å². The van der Waals surface area contributed by atoms with Gasteiger partial charge in [0, 0.05) is 63.7 Å². The minimum absolute atomic E-state index is 0.757. The van der Waals surface area contributed by atoms with Gasteiger partial charge >= 0.3 is 0 Å². The molecule has 0 radical (unpaired) electrons. The Morgan fingerprint density at radius 3 is 2.71 bits per heavy atom. The summed E-state index contributed by atoms with van der Waals surface area (Å²) in [5.74, 6) is 0.774. The van der Waals surface area contributed by atoms with E-state index in [-0.39, 0.29) is 0 Å². The first kappa shape index (κ1) is 13.7. The molecule has 0 spiro atoms. The summed E-state index contributed by atoms with van der Waals surface area (Å²) in [6.45, 7) is 6.78.